The van der Waals surface area contributed by atoms with Crippen LogP contribution in [0.5, 0.6) is 11.5 Å². The molecule has 7 nitrogen and oxygen atoms in total. The first-order valence-electron chi connectivity index (χ1n) is 10.8. The van der Waals surface area contributed by atoms with Gasteiger partial charge in [-0.05, 0) is 30.2 Å². The number of carbonyl (C=O) groups excluding carboxylic acids is 1. The van der Waals surface area contributed by atoms with Crippen molar-refractivity contribution in [2.24, 2.45) is 0 Å². The van der Waals surface area contributed by atoms with E-state index in [2.05, 4.69) is 15.0 Å². The van der Waals surface area contributed by atoms with Crippen LogP contribution in [-0.4, -0.2) is 29.2 Å². The smallest absolute Gasteiger partial charge is 0.387 e. The molecule has 2 aromatic heterocycles. The molecule has 0 spiro atoms. The van der Waals surface area contributed by atoms with Crippen molar-refractivity contribution in [1.29, 1.82) is 0 Å². The Hall–Kier alpha value is -3.79. The number of aryl methyl sites for hydroxylation is 2. The summed E-state index contributed by atoms with van der Waals surface area (Å²) >= 11 is 1.40. The molecular weight excluding hydrogens is 476 g/mol. The van der Waals surface area contributed by atoms with Gasteiger partial charge in [-0.3, -0.25) is 14.2 Å². The van der Waals surface area contributed by atoms with Gasteiger partial charge in [-0.25, -0.2) is 4.98 Å². The van der Waals surface area contributed by atoms with Crippen molar-refractivity contribution < 1.29 is 23.0 Å². The zero-order valence-corrected chi connectivity index (χ0v) is 19.9. The summed E-state index contributed by atoms with van der Waals surface area (Å²) in [6.45, 7) is -0.733. The number of fused-ring (bicyclic) bond motifs is 1. The zero-order valence-electron chi connectivity index (χ0n) is 19.1. The molecule has 182 valence electrons. The molecule has 35 heavy (non-hydrogen) atoms. The van der Waals surface area contributed by atoms with Crippen molar-refractivity contribution in [2.45, 2.75) is 33.0 Å². The number of ether oxygens (including phenoxy) is 2. The summed E-state index contributed by atoms with van der Waals surface area (Å²) in [5, 5.41) is 5.18. The molecule has 1 amide bonds. The highest BCUT2D eigenvalue weighted by molar-refractivity contribution is 7.17. The number of halogens is 2. The van der Waals surface area contributed by atoms with Gasteiger partial charge in [0.25, 0.3) is 5.56 Å². The number of nitrogens with one attached hydrogen (secondary N) is 1. The molecule has 2 heterocycles. The van der Waals surface area contributed by atoms with Crippen LogP contribution in [0.3, 0.4) is 0 Å². The summed E-state index contributed by atoms with van der Waals surface area (Å²) < 4.78 is 36.1. The van der Waals surface area contributed by atoms with E-state index >= 15 is 0 Å². The minimum Gasteiger partial charge on any atom is -0.493 e. The highest BCUT2D eigenvalue weighted by Crippen LogP contribution is 2.31. The number of methoxy groups -OCH3 is 1. The average molecular weight is 500 g/mol. The van der Waals surface area contributed by atoms with Gasteiger partial charge in [-0.1, -0.05) is 35.9 Å². The minimum atomic E-state index is -2.99. The van der Waals surface area contributed by atoms with E-state index in [4.69, 9.17) is 4.74 Å². The Bertz CT molecular complexity index is 1400. The predicted octanol–water partition coefficient (Wildman–Crippen LogP) is 4.75. The van der Waals surface area contributed by atoms with Crippen LogP contribution in [0.15, 0.2) is 59.0 Å². The highest BCUT2D eigenvalue weighted by atomic mass is 32.1. The molecule has 0 saturated carbocycles. The lowest BCUT2D eigenvalue weighted by molar-refractivity contribution is -0.121. The third-order valence-corrected chi connectivity index (χ3v) is 6.32. The summed E-state index contributed by atoms with van der Waals surface area (Å²) in [5.74, 6) is -0.241. The number of amides is 1. The average Bonchev–Trinajstić information content (AvgIpc) is 3.27. The van der Waals surface area contributed by atoms with Crippen molar-refractivity contribution in [1.82, 2.24) is 14.9 Å². The maximum absolute atomic E-state index is 13.1. The standard InChI is InChI=1S/C25H23F2N3O4S/c1-15-3-6-17(7-4-15)18-13-35-23-22(18)24(32)30(14-29-23)10-9-21(31)28-12-16-5-8-19(33-2)20(11-16)34-25(26)27/h3-8,11,13-14,25H,9-10,12H2,1-2H3,(H,28,31). The number of aromatic nitrogens is 2. The summed E-state index contributed by atoms with van der Waals surface area (Å²) in [6.07, 6.45) is 1.50. The third-order valence-electron chi connectivity index (χ3n) is 5.44. The Kier molecular flexibility index (Phi) is 7.40. The Balaban J connectivity index is 1.43. The van der Waals surface area contributed by atoms with Crippen LogP contribution >= 0.6 is 11.3 Å². The van der Waals surface area contributed by atoms with Crippen LogP contribution in [0.2, 0.25) is 0 Å². The summed E-state index contributed by atoms with van der Waals surface area (Å²) in [5.41, 5.74) is 3.25. The van der Waals surface area contributed by atoms with Crippen LogP contribution in [0.4, 0.5) is 8.78 Å². The van der Waals surface area contributed by atoms with Crippen molar-refractivity contribution in [2.75, 3.05) is 7.11 Å². The van der Waals surface area contributed by atoms with Gasteiger partial charge >= 0.3 is 6.61 Å². The molecule has 0 radical (unpaired) electrons. The lowest BCUT2D eigenvalue weighted by Crippen LogP contribution is -2.27. The maximum Gasteiger partial charge on any atom is 0.387 e. The van der Waals surface area contributed by atoms with Gasteiger partial charge in [0, 0.05) is 30.5 Å². The Morgan fingerprint density at radius 1 is 1.17 bits per heavy atom. The van der Waals surface area contributed by atoms with Gasteiger partial charge in [0.1, 0.15) is 4.83 Å². The van der Waals surface area contributed by atoms with Gasteiger partial charge in [0.05, 0.1) is 18.8 Å². The maximum atomic E-state index is 13.1. The van der Waals surface area contributed by atoms with Gasteiger partial charge < -0.3 is 14.8 Å². The Labute approximate surface area is 204 Å². The highest BCUT2D eigenvalue weighted by Gasteiger charge is 2.15. The summed E-state index contributed by atoms with van der Waals surface area (Å²) in [6, 6.07) is 12.4. The Morgan fingerprint density at radius 2 is 1.94 bits per heavy atom. The minimum absolute atomic E-state index is 0.0492. The monoisotopic (exact) mass is 499 g/mol. The summed E-state index contributed by atoms with van der Waals surface area (Å²) in [7, 11) is 1.35. The molecule has 0 aliphatic carbocycles. The lowest BCUT2D eigenvalue weighted by Gasteiger charge is -2.12. The van der Waals surface area contributed by atoms with E-state index in [0.717, 1.165) is 16.7 Å². The van der Waals surface area contributed by atoms with E-state index in [1.807, 2.05) is 36.6 Å². The number of nitrogens with zero attached hydrogens (tertiary/aromatic N) is 2. The molecule has 0 atom stereocenters. The van der Waals surface area contributed by atoms with E-state index in [1.54, 1.807) is 6.07 Å². The fraction of sp³-hybridized carbons (Fsp3) is 0.240. The molecule has 0 saturated heterocycles. The molecule has 0 aliphatic heterocycles. The van der Waals surface area contributed by atoms with Crippen LogP contribution in [0, 0.1) is 6.92 Å². The normalized spacial score (nSPS) is 11.1. The number of carbonyl (C=O) groups is 1. The fourth-order valence-electron chi connectivity index (χ4n) is 3.60. The molecule has 2 aromatic carbocycles. The number of thiophene rings is 1. The number of hydrogen-bond donors (Lipinski definition) is 1. The fourth-order valence-corrected chi connectivity index (χ4v) is 4.51. The first-order chi connectivity index (χ1) is 16.9. The van der Waals surface area contributed by atoms with Crippen LogP contribution in [0.25, 0.3) is 21.3 Å². The van der Waals surface area contributed by atoms with Gasteiger partial charge in [0.15, 0.2) is 11.5 Å². The van der Waals surface area contributed by atoms with E-state index in [1.165, 1.54) is 41.5 Å². The molecule has 0 bridgehead atoms. The lowest BCUT2D eigenvalue weighted by atomic mass is 10.1. The molecule has 4 aromatic rings. The van der Waals surface area contributed by atoms with Crippen molar-refractivity contribution in [3.8, 4) is 22.6 Å². The first-order valence-corrected chi connectivity index (χ1v) is 11.7. The van der Waals surface area contributed by atoms with Crippen molar-refractivity contribution >= 4 is 27.5 Å². The van der Waals surface area contributed by atoms with E-state index in [9.17, 15) is 18.4 Å². The van der Waals surface area contributed by atoms with Crippen molar-refractivity contribution in [3.05, 3.63) is 75.7 Å². The topological polar surface area (TPSA) is 82.5 Å². The van der Waals surface area contributed by atoms with Gasteiger partial charge in [0.2, 0.25) is 5.91 Å². The Morgan fingerprint density at radius 3 is 2.66 bits per heavy atom. The molecular formula is C25H23F2N3O4S. The SMILES string of the molecule is COc1ccc(CNC(=O)CCn2cnc3scc(-c4ccc(C)cc4)c3c2=O)cc1OC(F)F. The first kappa shape index (κ1) is 24.3. The number of alkyl halides is 2. The number of rotatable bonds is 9. The van der Waals surface area contributed by atoms with Gasteiger partial charge in [-0.2, -0.15) is 8.78 Å². The molecule has 0 fully saturated rings. The molecule has 10 heteroatoms. The second-order valence-electron chi connectivity index (χ2n) is 7.83. The van der Waals surface area contributed by atoms with E-state index in [0.29, 0.717) is 15.8 Å². The molecule has 1 N–H and O–H groups in total. The molecule has 0 aliphatic rings. The quantitative estimate of drug-likeness (QED) is 0.359. The number of benzene rings is 2. The number of hydrogen-bond acceptors (Lipinski definition) is 6. The molecule has 0 unspecified atom stereocenters. The van der Waals surface area contributed by atoms with Gasteiger partial charge in [-0.15, -0.1) is 11.3 Å². The third kappa shape index (κ3) is 5.65. The van der Waals surface area contributed by atoms with E-state index < -0.39 is 6.61 Å². The zero-order chi connectivity index (χ0) is 24.9. The second kappa shape index (κ2) is 10.6. The van der Waals surface area contributed by atoms with Crippen LogP contribution in [0.1, 0.15) is 17.5 Å². The summed E-state index contributed by atoms with van der Waals surface area (Å²) in [4.78, 5) is 30.6. The largest absolute Gasteiger partial charge is 0.493 e. The predicted molar refractivity (Wildman–Crippen MR) is 130 cm³/mol. The van der Waals surface area contributed by atoms with Crippen LogP contribution < -0.4 is 20.3 Å². The van der Waals surface area contributed by atoms with Crippen LogP contribution in [-0.2, 0) is 17.9 Å². The second-order valence-corrected chi connectivity index (χ2v) is 8.69. The van der Waals surface area contributed by atoms with E-state index in [-0.39, 0.29) is 42.5 Å². The van der Waals surface area contributed by atoms with Crippen molar-refractivity contribution in [3.63, 3.8) is 0 Å². The molecule has 4 rings (SSSR count).